The Labute approximate surface area is 87.5 Å². The summed E-state index contributed by atoms with van der Waals surface area (Å²) in [6.45, 7) is 9.77. The summed E-state index contributed by atoms with van der Waals surface area (Å²) >= 11 is 0. The predicted molar refractivity (Wildman–Crippen MR) is 62.0 cm³/mol. The first-order valence-electron chi connectivity index (χ1n) is 5.35. The molecule has 1 fully saturated rings. The Kier molecular flexibility index (Phi) is 5.11. The van der Waals surface area contributed by atoms with Crippen LogP contribution in [0.25, 0.3) is 0 Å². The lowest BCUT2D eigenvalue weighted by molar-refractivity contribution is 0.197. The van der Waals surface area contributed by atoms with E-state index in [2.05, 4.69) is 29.9 Å². The molecule has 0 radical (unpaired) electrons. The topological polar surface area (TPSA) is 3.24 Å². The summed E-state index contributed by atoms with van der Waals surface area (Å²) in [5.41, 5.74) is 0. The molecule has 1 rings (SSSR count). The van der Waals surface area contributed by atoms with E-state index in [0.717, 1.165) is 6.42 Å². The van der Waals surface area contributed by atoms with Crippen LogP contribution < -0.4 is 0 Å². The zero-order chi connectivity index (χ0) is 10.2. The molecule has 1 heterocycles. The molecule has 14 heavy (non-hydrogen) atoms. The Hall–Kier alpha value is -1.00. The molecule has 0 aromatic carbocycles. The monoisotopic (exact) mass is 189 g/mol. The lowest BCUT2D eigenvalue weighted by Gasteiger charge is -2.30. The molecule has 0 aliphatic carbocycles. The van der Waals surface area contributed by atoms with Crippen LogP contribution in [0.3, 0.4) is 0 Å². The van der Waals surface area contributed by atoms with Gasteiger partial charge in [-0.3, -0.25) is 4.90 Å². The van der Waals surface area contributed by atoms with Crippen molar-refractivity contribution < 1.29 is 0 Å². The van der Waals surface area contributed by atoms with Crippen molar-refractivity contribution in [3.63, 3.8) is 0 Å². The van der Waals surface area contributed by atoms with Crippen LogP contribution in [-0.4, -0.2) is 24.0 Å². The van der Waals surface area contributed by atoms with Gasteiger partial charge in [-0.15, -0.1) is 6.58 Å². The summed E-state index contributed by atoms with van der Waals surface area (Å²) in [6, 6.07) is 0.353. The largest absolute Gasteiger partial charge is 0.290 e. The van der Waals surface area contributed by atoms with E-state index in [9.17, 15) is 0 Å². The van der Waals surface area contributed by atoms with Gasteiger partial charge in [0.15, 0.2) is 0 Å². The molecule has 0 amide bonds. The van der Waals surface area contributed by atoms with Crippen molar-refractivity contribution in [3.8, 4) is 11.8 Å². The third-order valence-electron chi connectivity index (χ3n) is 2.57. The van der Waals surface area contributed by atoms with E-state index in [1.54, 1.807) is 6.08 Å². The van der Waals surface area contributed by atoms with Crippen molar-refractivity contribution in [2.75, 3.05) is 13.1 Å². The fraction of sp³-hybridized carbons (Fsp3) is 0.538. The fourth-order valence-electron chi connectivity index (χ4n) is 1.84. The highest BCUT2D eigenvalue weighted by atomic mass is 15.1. The van der Waals surface area contributed by atoms with E-state index in [0.29, 0.717) is 6.04 Å². The van der Waals surface area contributed by atoms with Gasteiger partial charge in [0.05, 0.1) is 6.04 Å². The maximum absolute atomic E-state index is 3.78. The quantitative estimate of drug-likeness (QED) is 0.487. The molecule has 0 N–H and O–H groups in total. The molecule has 1 saturated heterocycles. The van der Waals surface area contributed by atoms with Crippen LogP contribution >= 0.6 is 0 Å². The van der Waals surface area contributed by atoms with E-state index < -0.39 is 0 Å². The minimum atomic E-state index is 0.353. The van der Waals surface area contributed by atoms with Crippen molar-refractivity contribution in [1.29, 1.82) is 0 Å². The van der Waals surface area contributed by atoms with Crippen LogP contribution in [0.5, 0.6) is 0 Å². The summed E-state index contributed by atoms with van der Waals surface area (Å²) in [7, 11) is 0. The Morgan fingerprint density at radius 2 is 1.93 bits per heavy atom. The van der Waals surface area contributed by atoms with Crippen molar-refractivity contribution in [3.05, 3.63) is 25.3 Å². The van der Waals surface area contributed by atoms with Gasteiger partial charge in [0.2, 0.25) is 0 Å². The summed E-state index contributed by atoms with van der Waals surface area (Å²) < 4.78 is 0. The number of hydrogen-bond donors (Lipinski definition) is 0. The molecule has 1 aliphatic heterocycles. The molecule has 1 atom stereocenters. The van der Waals surface area contributed by atoms with Crippen molar-refractivity contribution >= 4 is 0 Å². The highest BCUT2D eigenvalue weighted by Crippen LogP contribution is 2.13. The van der Waals surface area contributed by atoms with Gasteiger partial charge in [-0.25, -0.2) is 0 Å². The molecule has 1 nitrogen and oxygen atoms in total. The fourth-order valence-corrected chi connectivity index (χ4v) is 1.84. The Morgan fingerprint density at radius 3 is 2.50 bits per heavy atom. The minimum absolute atomic E-state index is 0.353. The molecule has 1 aliphatic rings. The van der Waals surface area contributed by atoms with Gasteiger partial charge in [-0.2, -0.15) is 0 Å². The van der Waals surface area contributed by atoms with Crippen molar-refractivity contribution in [2.24, 2.45) is 0 Å². The molecule has 76 valence electrons. The summed E-state index contributed by atoms with van der Waals surface area (Å²) in [5.74, 6) is 6.18. The lowest BCUT2D eigenvalue weighted by atomic mass is 10.1. The molecule has 0 bridgehead atoms. The first kappa shape index (κ1) is 11.1. The molecule has 0 aromatic rings. The van der Waals surface area contributed by atoms with E-state index in [-0.39, 0.29) is 0 Å². The van der Waals surface area contributed by atoms with Crippen LogP contribution in [0, 0.1) is 11.8 Å². The van der Waals surface area contributed by atoms with Gasteiger partial charge < -0.3 is 0 Å². The summed E-state index contributed by atoms with van der Waals surface area (Å²) in [4.78, 5) is 2.46. The average molecular weight is 189 g/mol. The standard InChI is InChI=1S/C13H19N/c1-3-5-10-13(9-4-2)14-11-7-6-8-12-14/h3-4,13H,1-2,6-9,11-12H2. The van der Waals surface area contributed by atoms with E-state index >= 15 is 0 Å². The zero-order valence-electron chi connectivity index (χ0n) is 8.84. The average Bonchev–Trinajstić information content (AvgIpc) is 2.25. The molecular formula is C13H19N. The van der Waals surface area contributed by atoms with Crippen LogP contribution in [0.15, 0.2) is 25.3 Å². The molecule has 0 spiro atoms. The predicted octanol–water partition coefficient (Wildman–Crippen LogP) is 2.61. The maximum Gasteiger partial charge on any atom is 0.0752 e. The third kappa shape index (κ3) is 3.40. The lowest BCUT2D eigenvalue weighted by Crippen LogP contribution is -2.38. The second-order valence-electron chi connectivity index (χ2n) is 3.63. The van der Waals surface area contributed by atoms with Gasteiger partial charge >= 0.3 is 0 Å². The van der Waals surface area contributed by atoms with Crippen LogP contribution in [0.2, 0.25) is 0 Å². The SMILES string of the molecule is C=CC#CC(CC=C)N1CCCCC1. The van der Waals surface area contributed by atoms with Crippen LogP contribution in [0.4, 0.5) is 0 Å². The first-order valence-corrected chi connectivity index (χ1v) is 5.35. The second kappa shape index (κ2) is 6.45. The van der Waals surface area contributed by atoms with Gasteiger partial charge in [0.1, 0.15) is 0 Å². The van der Waals surface area contributed by atoms with Crippen molar-refractivity contribution in [1.82, 2.24) is 4.90 Å². The molecule has 1 heteroatoms. The van der Waals surface area contributed by atoms with Gasteiger partial charge in [0, 0.05) is 0 Å². The highest BCUT2D eigenvalue weighted by molar-refractivity contribution is 5.18. The van der Waals surface area contributed by atoms with Gasteiger partial charge in [-0.05, 0) is 38.4 Å². The number of piperidine rings is 1. The van der Waals surface area contributed by atoms with E-state index in [4.69, 9.17) is 0 Å². The number of likely N-dealkylation sites (tertiary alicyclic amines) is 1. The Morgan fingerprint density at radius 1 is 1.21 bits per heavy atom. The molecule has 1 unspecified atom stereocenters. The maximum atomic E-state index is 3.78. The van der Waals surface area contributed by atoms with Crippen LogP contribution in [-0.2, 0) is 0 Å². The Balaban J connectivity index is 2.54. The van der Waals surface area contributed by atoms with Crippen LogP contribution in [0.1, 0.15) is 25.7 Å². The molecule has 0 saturated carbocycles. The van der Waals surface area contributed by atoms with E-state index in [1.165, 1.54) is 32.4 Å². The number of rotatable bonds is 3. The van der Waals surface area contributed by atoms with Gasteiger partial charge in [-0.1, -0.05) is 30.9 Å². The number of allylic oxidation sites excluding steroid dienone is 1. The zero-order valence-corrected chi connectivity index (χ0v) is 8.84. The minimum Gasteiger partial charge on any atom is -0.290 e. The highest BCUT2D eigenvalue weighted by Gasteiger charge is 2.16. The second-order valence-corrected chi connectivity index (χ2v) is 3.63. The summed E-state index contributed by atoms with van der Waals surface area (Å²) in [5, 5.41) is 0. The Bertz CT molecular complexity index is 238. The smallest absolute Gasteiger partial charge is 0.0752 e. The molecule has 0 aromatic heterocycles. The first-order chi connectivity index (χ1) is 6.88. The third-order valence-corrected chi connectivity index (χ3v) is 2.57. The van der Waals surface area contributed by atoms with E-state index in [1.807, 2.05) is 6.08 Å². The number of hydrogen-bond acceptors (Lipinski definition) is 1. The summed E-state index contributed by atoms with van der Waals surface area (Å²) in [6.07, 6.45) is 8.57. The van der Waals surface area contributed by atoms with Crippen molar-refractivity contribution in [2.45, 2.75) is 31.7 Å². The number of nitrogens with zero attached hydrogens (tertiary/aromatic N) is 1. The van der Waals surface area contributed by atoms with Gasteiger partial charge in [0.25, 0.3) is 0 Å². The molecular weight excluding hydrogens is 170 g/mol. The normalized spacial score (nSPS) is 19.1.